The third kappa shape index (κ3) is 5.91. The van der Waals surface area contributed by atoms with E-state index in [1.807, 2.05) is 37.0 Å². The van der Waals surface area contributed by atoms with Crippen molar-refractivity contribution < 1.29 is 9.52 Å². The van der Waals surface area contributed by atoms with Gasteiger partial charge < -0.3 is 24.7 Å². The summed E-state index contributed by atoms with van der Waals surface area (Å²) in [6, 6.07) is 5.56. The largest absolute Gasteiger partial charge is 0.466 e. The van der Waals surface area contributed by atoms with Crippen LogP contribution in [0.1, 0.15) is 25.2 Å². The van der Waals surface area contributed by atoms with Crippen LogP contribution in [-0.2, 0) is 19.2 Å². The topological polar surface area (TPSA) is 74.7 Å². The van der Waals surface area contributed by atoms with Crippen LogP contribution in [0.15, 0.2) is 46.3 Å². The second-order valence-corrected chi connectivity index (χ2v) is 5.49. The molecule has 3 N–H and O–H groups in total. The van der Waals surface area contributed by atoms with Crippen molar-refractivity contribution in [2.75, 3.05) is 13.1 Å². The molecule has 0 spiro atoms. The first kappa shape index (κ1) is 19.6. The van der Waals surface area contributed by atoms with Crippen LogP contribution in [0, 0.1) is 0 Å². The standard InChI is InChI=1S/C16H24N4O2.HI/c1-4-17-15(18-10-13-7-8-20(3)11-13)19-12-16(2,21)14-6-5-9-22-14;/h5-9,11,21H,4,10,12H2,1-3H3,(H2,17,18,19);1H. The first-order valence-electron chi connectivity index (χ1n) is 7.40. The number of guanidine groups is 1. The highest BCUT2D eigenvalue weighted by Gasteiger charge is 2.26. The first-order valence-corrected chi connectivity index (χ1v) is 7.40. The van der Waals surface area contributed by atoms with Gasteiger partial charge in [0.15, 0.2) is 5.96 Å². The highest BCUT2D eigenvalue weighted by Crippen LogP contribution is 2.19. The Morgan fingerprint density at radius 2 is 2.17 bits per heavy atom. The molecule has 0 aliphatic carbocycles. The summed E-state index contributed by atoms with van der Waals surface area (Å²) in [5.74, 6) is 1.19. The van der Waals surface area contributed by atoms with E-state index in [4.69, 9.17) is 4.42 Å². The molecule has 1 atom stereocenters. The van der Waals surface area contributed by atoms with Gasteiger partial charge in [-0.3, -0.25) is 0 Å². The van der Waals surface area contributed by atoms with Gasteiger partial charge in [-0.1, -0.05) is 0 Å². The number of hydrogen-bond donors (Lipinski definition) is 3. The first-order chi connectivity index (χ1) is 10.5. The van der Waals surface area contributed by atoms with Gasteiger partial charge in [-0.25, -0.2) is 4.99 Å². The van der Waals surface area contributed by atoms with E-state index < -0.39 is 5.60 Å². The molecule has 128 valence electrons. The van der Waals surface area contributed by atoms with Gasteiger partial charge in [0.05, 0.1) is 19.4 Å². The Hall–Kier alpha value is -1.48. The van der Waals surface area contributed by atoms with Crippen LogP contribution in [-0.4, -0.2) is 28.7 Å². The predicted molar refractivity (Wildman–Crippen MR) is 102 cm³/mol. The van der Waals surface area contributed by atoms with E-state index in [9.17, 15) is 5.11 Å². The van der Waals surface area contributed by atoms with Gasteiger partial charge in [-0.05, 0) is 37.6 Å². The Labute approximate surface area is 154 Å². The summed E-state index contributed by atoms with van der Waals surface area (Å²) in [5.41, 5.74) is 0.0457. The summed E-state index contributed by atoms with van der Waals surface area (Å²) in [6.07, 6.45) is 5.58. The molecular formula is C16H25IN4O2. The molecule has 0 amide bonds. The van der Waals surface area contributed by atoms with Crippen molar-refractivity contribution in [1.82, 2.24) is 15.2 Å². The van der Waals surface area contributed by atoms with Crippen molar-refractivity contribution in [2.24, 2.45) is 12.0 Å². The van der Waals surface area contributed by atoms with E-state index in [2.05, 4.69) is 15.6 Å². The van der Waals surface area contributed by atoms with E-state index >= 15 is 0 Å². The molecule has 0 radical (unpaired) electrons. The lowest BCUT2D eigenvalue weighted by molar-refractivity contribution is 0.0386. The lowest BCUT2D eigenvalue weighted by Gasteiger charge is -2.22. The van der Waals surface area contributed by atoms with Crippen LogP contribution in [0.25, 0.3) is 0 Å². The summed E-state index contributed by atoms with van der Waals surface area (Å²) < 4.78 is 7.26. The fraction of sp³-hybridized carbons (Fsp3) is 0.438. The lowest BCUT2D eigenvalue weighted by atomic mass is 10.0. The summed E-state index contributed by atoms with van der Waals surface area (Å²) in [4.78, 5) is 4.52. The van der Waals surface area contributed by atoms with Gasteiger partial charge in [-0.15, -0.1) is 24.0 Å². The number of aromatic nitrogens is 1. The number of aryl methyl sites for hydroxylation is 1. The number of nitrogens with one attached hydrogen (secondary N) is 2. The number of aliphatic imine (C=N–C) groups is 1. The zero-order valence-electron chi connectivity index (χ0n) is 13.7. The SMILES string of the molecule is CCNC(=NCc1ccn(C)c1)NCC(C)(O)c1ccco1.I. The maximum absolute atomic E-state index is 10.4. The number of furan rings is 1. The molecule has 2 heterocycles. The molecule has 0 aromatic carbocycles. The fourth-order valence-electron chi connectivity index (χ4n) is 2.09. The van der Waals surface area contributed by atoms with Crippen LogP contribution in [0.5, 0.6) is 0 Å². The second kappa shape index (κ2) is 8.97. The van der Waals surface area contributed by atoms with Crippen molar-refractivity contribution in [3.8, 4) is 0 Å². The Kier molecular flexibility index (Phi) is 7.63. The molecule has 1 unspecified atom stereocenters. The maximum atomic E-state index is 10.4. The minimum absolute atomic E-state index is 0. The molecule has 0 saturated carbocycles. The summed E-state index contributed by atoms with van der Waals surface area (Å²) in [6.45, 7) is 5.35. The predicted octanol–water partition coefficient (Wildman–Crippen LogP) is 2.20. The van der Waals surface area contributed by atoms with Crippen LogP contribution < -0.4 is 10.6 Å². The zero-order chi connectivity index (χ0) is 16.0. The normalized spacial score (nSPS) is 14.0. The van der Waals surface area contributed by atoms with Gasteiger partial charge >= 0.3 is 0 Å². The van der Waals surface area contributed by atoms with Crippen LogP contribution >= 0.6 is 24.0 Å². The zero-order valence-corrected chi connectivity index (χ0v) is 16.1. The molecule has 0 aliphatic rings. The molecule has 2 aromatic rings. The molecule has 0 bridgehead atoms. The quantitative estimate of drug-likeness (QED) is 0.372. The van der Waals surface area contributed by atoms with E-state index in [1.54, 1.807) is 25.3 Å². The third-order valence-corrected chi connectivity index (χ3v) is 3.31. The molecule has 23 heavy (non-hydrogen) atoms. The number of hydrogen-bond acceptors (Lipinski definition) is 3. The van der Waals surface area contributed by atoms with Crippen molar-refractivity contribution in [2.45, 2.75) is 26.0 Å². The molecule has 0 saturated heterocycles. The van der Waals surface area contributed by atoms with Gasteiger partial charge in [-0.2, -0.15) is 0 Å². The summed E-state index contributed by atoms with van der Waals surface area (Å²) >= 11 is 0. The van der Waals surface area contributed by atoms with Crippen LogP contribution in [0.3, 0.4) is 0 Å². The molecule has 2 rings (SSSR count). The van der Waals surface area contributed by atoms with E-state index in [0.717, 1.165) is 12.1 Å². The molecule has 6 nitrogen and oxygen atoms in total. The van der Waals surface area contributed by atoms with E-state index in [0.29, 0.717) is 24.8 Å². The Morgan fingerprint density at radius 1 is 1.39 bits per heavy atom. The highest BCUT2D eigenvalue weighted by molar-refractivity contribution is 14.0. The second-order valence-electron chi connectivity index (χ2n) is 5.49. The number of halogens is 1. The van der Waals surface area contributed by atoms with Crippen molar-refractivity contribution in [3.63, 3.8) is 0 Å². The highest BCUT2D eigenvalue weighted by atomic mass is 127. The minimum Gasteiger partial charge on any atom is -0.466 e. The van der Waals surface area contributed by atoms with Crippen LogP contribution in [0.4, 0.5) is 0 Å². The van der Waals surface area contributed by atoms with Gasteiger partial charge in [0.25, 0.3) is 0 Å². The molecule has 0 aliphatic heterocycles. The molecule has 2 aromatic heterocycles. The maximum Gasteiger partial charge on any atom is 0.191 e. The van der Waals surface area contributed by atoms with Crippen molar-refractivity contribution in [3.05, 3.63) is 48.2 Å². The Balaban J connectivity index is 0.00000264. The van der Waals surface area contributed by atoms with Crippen molar-refractivity contribution in [1.29, 1.82) is 0 Å². The Bertz CT molecular complexity index is 605. The van der Waals surface area contributed by atoms with E-state index in [-0.39, 0.29) is 24.0 Å². The molecule has 0 fully saturated rings. The van der Waals surface area contributed by atoms with Gasteiger partial charge in [0, 0.05) is 26.0 Å². The monoisotopic (exact) mass is 432 g/mol. The number of nitrogens with zero attached hydrogens (tertiary/aromatic N) is 2. The summed E-state index contributed by atoms with van der Waals surface area (Å²) in [7, 11) is 1.98. The molecule has 7 heteroatoms. The van der Waals surface area contributed by atoms with E-state index in [1.165, 1.54) is 0 Å². The average molecular weight is 432 g/mol. The molecular weight excluding hydrogens is 407 g/mol. The van der Waals surface area contributed by atoms with Gasteiger partial charge in [0.1, 0.15) is 11.4 Å². The number of aliphatic hydroxyl groups is 1. The van der Waals surface area contributed by atoms with Gasteiger partial charge in [0.2, 0.25) is 0 Å². The lowest BCUT2D eigenvalue weighted by Crippen LogP contribution is -2.44. The fourth-order valence-corrected chi connectivity index (χ4v) is 2.09. The average Bonchev–Trinajstić information content (AvgIpc) is 3.13. The van der Waals surface area contributed by atoms with Crippen LogP contribution in [0.2, 0.25) is 0 Å². The smallest absolute Gasteiger partial charge is 0.191 e. The summed E-state index contributed by atoms with van der Waals surface area (Å²) in [5, 5.41) is 16.8. The van der Waals surface area contributed by atoms with Crippen molar-refractivity contribution >= 4 is 29.9 Å². The Morgan fingerprint density at radius 3 is 2.74 bits per heavy atom. The minimum atomic E-state index is -1.09. The third-order valence-electron chi connectivity index (χ3n) is 3.31. The number of rotatable bonds is 6.